The van der Waals surface area contributed by atoms with Gasteiger partial charge < -0.3 is 14.2 Å². The fourth-order valence-corrected chi connectivity index (χ4v) is 2.42. The van der Waals surface area contributed by atoms with Gasteiger partial charge in [-0.3, -0.25) is 4.79 Å². The van der Waals surface area contributed by atoms with E-state index in [4.69, 9.17) is 9.31 Å². The minimum atomic E-state index is -0.441. The first-order chi connectivity index (χ1) is 10.1. The summed E-state index contributed by atoms with van der Waals surface area (Å²) in [5.74, 6) is 0.0176. The monoisotopic (exact) mass is 303 g/mol. The Labute approximate surface area is 133 Å². The summed E-state index contributed by atoms with van der Waals surface area (Å²) in [5, 5.41) is 0. The molecule has 0 bridgehead atoms. The van der Waals surface area contributed by atoms with E-state index in [1.165, 1.54) is 0 Å². The lowest BCUT2D eigenvalue weighted by Gasteiger charge is -2.32. The van der Waals surface area contributed by atoms with Crippen LogP contribution in [-0.4, -0.2) is 42.7 Å². The number of carbonyl (C=O) groups excluding carboxylic acids is 1. The molecule has 0 unspecified atom stereocenters. The van der Waals surface area contributed by atoms with Crippen molar-refractivity contribution in [3.63, 3.8) is 0 Å². The van der Waals surface area contributed by atoms with Gasteiger partial charge in [-0.1, -0.05) is 11.6 Å². The molecule has 1 fully saturated rings. The van der Waals surface area contributed by atoms with Crippen LogP contribution >= 0.6 is 0 Å². The van der Waals surface area contributed by atoms with Crippen molar-refractivity contribution >= 4 is 18.5 Å². The normalized spacial score (nSPS) is 19.3. The molecule has 5 heteroatoms. The molecule has 22 heavy (non-hydrogen) atoms. The molecular formula is C17H26BNO3. The summed E-state index contributed by atoms with van der Waals surface area (Å²) in [6, 6.07) is 5.80. The quantitative estimate of drug-likeness (QED) is 0.805. The SMILES string of the molecule is CCN(C)C(=O)c1cc(C)cc(B2OC(C)(C)C(C)(C)O2)c1. The Bertz CT molecular complexity index is 567. The van der Waals surface area contributed by atoms with Gasteiger partial charge in [-0.15, -0.1) is 0 Å². The van der Waals surface area contributed by atoms with Gasteiger partial charge in [0.05, 0.1) is 11.2 Å². The molecule has 1 heterocycles. The van der Waals surface area contributed by atoms with E-state index in [-0.39, 0.29) is 17.1 Å². The first-order valence-corrected chi connectivity index (χ1v) is 7.80. The van der Waals surface area contributed by atoms with Gasteiger partial charge in [-0.05, 0) is 59.1 Å². The third-order valence-corrected chi connectivity index (χ3v) is 4.69. The van der Waals surface area contributed by atoms with Gasteiger partial charge in [0.2, 0.25) is 0 Å². The van der Waals surface area contributed by atoms with Crippen molar-refractivity contribution in [2.75, 3.05) is 13.6 Å². The summed E-state index contributed by atoms with van der Waals surface area (Å²) >= 11 is 0. The lowest BCUT2D eigenvalue weighted by Crippen LogP contribution is -2.41. The lowest BCUT2D eigenvalue weighted by molar-refractivity contribution is 0.00578. The maximum Gasteiger partial charge on any atom is 0.494 e. The maximum atomic E-state index is 12.4. The van der Waals surface area contributed by atoms with Gasteiger partial charge >= 0.3 is 7.12 Å². The Kier molecular flexibility index (Phi) is 4.42. The predicted octanol–water partition coefficient (Wildman–Crippen LogP) is 2.39. The Morgan fingerprint density at radius 1 is 1.14 bits per heavy atom. The van der Waals surface area contributed by atoms with E-state index in [2.05, 4.69) is 0 Å². The molecule has 2 rings (SSSR count). The van der Waals surface area contributed by atoms with Crippen LogP contribution < -0.4 is 5.46 Å². The molecule has 4 nitrogen and oxygen atoms in total. The van der Waals surface area contributed by atoms with E-state index in [9.17, 15) is 4.79 Å². The van der Waals surface area contributed by atoms with Crippen LogP contribution in [-0.2, 0) is 9.31 Å². The highest BCUT2D eigenvalue weighted by Crippen LogP contribution is 2.36. The standard InChI is InChI=1S/C17H26BNO3/c1-8-19(7)15(20)13-9-12(2)10-14(11-13)18-21-16(3,4)17(5,6)22-18/h9-11H,8H2,1-7H3. The lowest BCUT2D eigenvalue weighted by atomic mass is 9.77. The van der Waals surface area contributed by atoms with Crippen molar-refractivity contribution in [2.24, 2.45) is 0 Å². The van der Waals surface area contributed by atoms with Crippen molar-refractivity contribution in [2.45, 2.75) is 52.7 Å². The first kappa shape index (κ1) is 17.0. The van der Waals surface area contributed by atoms with Gasteiger partial charge in [0.25, 0.3) is 5.91 Å². The number of nitrogens with zero attached hydrogens (tertiary/aromatic N) is 1. The Morgan fingerprint density at radius 2 is 1.68 bits per heavy atom. The van der Waals surface area contributed by atoms with Crippen LogP contribution in [0.15, 0.2) is 18.2 Å². The van der Waals surface area contributed by atoms with Crippen molar-refractivity contribution in [3.8, 4) is 0 Å². The second-order valence-electron chi connectivity index (χ2n) is 7.04. The molecule has 1 amide bonds. The van der Waals surface area contributed by atoms with Crippen molar-refractivity contribution in [3.05, 3.63) is 29.3 Å². The molecule has 1 aliphatic heterocycles. The number of aryl methyl sites for hydroxylation is 1. The highest BCUT2D eigenvalue weighted by molar-refractivity contribution is 6.62. The van der Waals surface area contributed by atoms with Crippen LogP contribution in [0.3, 0.4) is 0 Å². The van der Waals surface area contributed by atoms with E-state index >= 15 is 0 Å². The third-order valence-electron chi connectivity index (χ3n) is 4.69. The topological polar surface area (TPSA) is 38.8 Å². The van der Waals surface area contributed by atoms with Gasteiger partial charge in [0.15, 0.2) is 0 Å². The zero-order chi connectivity index (χ0) is 16.7. The van der Waals surface area contributed by atoms with Crippen molar-refractivity contribution < 1.29 is 14.1 Å². The average Bonchev–Trinajstić information content (AvgIpc) is 2.65. The maximum absolute atomic E-state index is 12.4. The Balaban J connectivity index is 2.34. The molecule has 0 aromatic heterocycles. The van der Waals surface area contributed by atoms with Crippen LogP contribution in [0.2, 0.25) is 0 Å². The Morgan fingerprint density at radius 3 is 2.18 bits per heavy atom. The molecular weight excluding hydrogens is 277 g/mol. The number of benzene rings is 1. The van der Waals surface area contributed by atoms with E-state index in [1.807, 2.05) is 59.7 Å². The third kappa shape index (κ3) is 3.06. The van der Waals surface area contributed by atoms with E-state index in [0.717, 1.165) is 11.0 Å². The van der Waals surface area contributed by atoms with Gasteiger partial charge in [-0.25, -0.2) is 0 Å². The van der Waals surface area contributed by atoms with Crippen LogP contribution in [0.25, 0.3) is 0 Å². The minimum absolute atomic E-state index is 0.0176. The molecule has 1 saturated heterocycles. The molecule has 1 aromatic rings. The summed E-state index contributed by atoms with van der Waals surface area (Å²) in [6.07, 6.45) is 0. The fourth-order valence-electron chi connectivity index (χ4n) is 2.42. The molecule has 0 aliphatic carbocycles. The Hall–Kier alpha value is -1.33. The molecule has 0 radical (unpaired) electrons. The number of hydrogen-bond acceptors (Lipinski definition) is 3. The fraction of sp³-hybridized carbons (Fsp3) is 0.588. The van der Waals surface area contributed by atoms with E-state index in [0.29, 0.717) is 12.1 Å². The minimum Gasteiger partial charge on any atom is -0.399 e. The zero-order valence-electron chi connectivity index (χ0n) is 14.7. The highest BCUT2D eigenvalue weighted by Gasteiger charge is 2.51. The molecule has 0 saturated carbocycles. The van der Waals surface area contributed by atoms with Crippen LogP contribution in [0.1, 0.15) is 50.5 Å². The number of amides is 1. The average molecular weight is 303 g/mol. The van der Waals surface area contributed by atoms with Crippen LogP contribution in [0.4, 0.5) is 0 Å². The molecule has 1 aliphatic rings. The molecule has 0 N–H and O–H groups in total. The van der Waals surface area contributed by atoms with Gasteiger partial charge in [-0.2, -0.15) is 0 Å². The summed E-state index contributed by atoms with van der Waals surface area (Å²) in [4.78, 5) is 14.1. The largest absolute Gasteiger partial charge is 0.494 e. The van der Waals surface area contributed by atoms with E-state index < -0.39 is 7.12 Å². The second kappa shape index (κ2) is 5.71. The number of rotatable bonds is 3. The summed E-state index contributed by atoms with van der Waals surface area (Å²) in [5.41, 5.74) is 1.83. The molecule has 0 atom stereocenters. The number of carbonyl (C=O) groups is 1. The first-order valence-electron chi connectivity index (χ1n) is 7.80. The predicted molar refractivity (Wildman–Crippen MR) is 89.5 cm³/mol. The molecule has 0 spiro atoms. The van der Waals surface area contributed by atoms with Gasteiger partial charge in [0, 0.05) is 19.2 Å². The highest BCUT2D eigenvalue weighted by atomic mass is 16.7. The van der Waals surface area contributed by atoms with Crippen molar-refractivity contribution in [1.82, 2.24) is 4.90 Å². The second-order valence-corrected chi connectivity index (χ2v) is 7.04. The van der Waals surface area contributed by atoms with Gasteiger partial charge in [0.1, 0.15) is 0 Å². The summed E-state index contributed by atoms with van der Waals surface area (Å²) in [6.45, 7) is 12.7. The van der Waals surface area contributed by atoms with Crippen molar-refractivity contribution in [1.29, 1.82) is 0 Å². The smallest absolute Gasteiger partial charge is 0.399 e. The molecule has 1 aromatic carbocycles. The van der Waals surface area contributed by atoms with Crippen LogP contribution in [0, 0.1) is 6.92 Å². The summed E-state index contributed by atoms with van der Waals surface area (Å²) in [7, 11) is 1.36. The number of hydrogen-bond donors (Lipinski definition) is 0. The zero-order valence-corrected chi connectivity index (χ0v) is 14.7. The van der Waals surface area contributed by atoms with E-state index in [1.54, 1.807) is 11.9 Å². The molecule has 120 valence electrons. The summed E-state index contributed by atoms with van der Waals surface area (Å²) < 4.78 is 12.2. The van der Waals surface area contributed by atoms with Crippen LogP contribution in [0.5, 0.6) is 0 Å².